The highest BCUT2D eigenvalue weighted by Crippen LogP contribution is 2.20. The highest BCUT2D eigenvalue weighted by molar-refractivity contribution is 6.00. The van der Waals surface area contributed by atoms with Crippen molar-refractivity contribution in [2.45, 2.75) is 6.92 Å². The molecule has 0 atom stereocenters. The van der Waals surface area contributed by atoms with Crippen molar-refractivity contribution in [2.75, 3.05) is 7.11 Å². The number of rotatable bonds is 3. The Morgan fingerprint density at radius 3 is 2.74 bits per heavy atom. The lowest BCUT2D eigenvalue weighted by Crippen LogP contribution is -2.25. The standard InChI is InChI=1S/C14H14N2O3/c1-9(17)16-13(14(18)19-2)7-10-8-15-12-6-4-3-5-11(10)12/h3-8,15H,1-2H3,(H,16,17)/b13-7+. The molecule has 1 heterocycles. The Morgan fingerprint density at radius 1 is 1.32 bits per heavy atom. The van der Waals surface area contributed by atoms with Crippen LogP contribution in [0, 0.1) is 0 Å². The largest absolute Gasteiger partial charge is 0.464 e. The Balaban J connectivity index is 2.45. The van der Waals surface area contributed by atoms with Crippen molar-refractivity contribution in [3.8, 4) is 0 Å². The molecule has 0 fully saturated rings. The molecule has 2 N–H and O–H groups in total. The van der Waals surface area contributed by atoms with Gasteiger partial charge in [-0.05, 0) is 12.1 Å². The van der Waals surface area contributed by atoms with E-state index in [2.05, 4.69) is 15.0 Å². The maximum Gasteiger partial charge on any atom is 0.354 e. The molecule has 0 unspecified atom stereocenters. The van der Waals surface area contributed by atoms with Gasteiger partial charge >= 0.3 is 5.97 Å². The minimum absolute atomic E-state index is 0.111. The van der Waals surface area contributed by atoms with E-state index in [9.17, 15) is 9.59 Å². The average Bonchev–Trinajstić information content (AvgIpc) is 2.80. The fraction of sp³-hybridized carbons (Fsp3) is 0.143. The molecule has 19 heavy (non-hydrogen) atoms. The number of hydrogen-bond acceptors (Lipinski definition) is 3. The molecule has 1 aromatic carbocycles. The molecule has 2 aromatic rings. The van der Waals surface area contributed by atoms with Crippen molar-refractivity contribution in [3.05, 3.63) is 41.7 Å². The van der Waals surface area contributed by atoms with Gasteiger partial charge in [0.05, 0.1) is 7.11 Å². The molecule has 1 aromatic heterocycles. The predicted molar refractivity (Wildman–Crippen MR) is 72.1 cm³/mol. The number of aromatic amines is 1. The van der Waals surface area contributed by atoms with E-state index in [4.69, 9.17) is 0 Å². The summed E-state index contributed by atoms with van der Waals surface area (Å²) in [5.74, 6) is -0.906. The number of carbonyl (C=O) groups is 2. The maximum atomic E-state index is 11.6. The summed E-state index contributed by atoms with van der Waals surface area (Å²) in [6.07, 6.45) is 3.36. The van der Waals surface area contributed by atoms with E-state index in [1.807, 2.05) is 24.3 Å². The number of benzene rings is 1. The van der Waals surface area contributed by atoms with Crippen molar-refractivity contribution in [3.63, 3.8) is 0 Å². The first kappa shape index (κ1) is 12.9. The zero-order chi connectivity index (χ0) is 13.8. The SMILES string of the molecule is COC(=O)/C(=C\c1c[nH]c2ccccc12)NC(C)=O. The van der Waals surface area contributed by atoms with Gasteiger partial charge in [-0.1, -0.05) is 18.2 Å². The van der Waals surface area contributed by atoms with Gasteiger partial charge in [0, 0.05) is 29.6 Å². The number of esters is 1. The number of ether oxygens (including phenoxy) is 1. The normalized spacial score (nSPS) is 11.4. The van der Waals surface area contributed by atoms with E-state index in [-0.39, 0.29) is 11.6 Å². The first-order valence-corrected chi connectivity index (χ1v) is 5.75. The van der Waals surface area contributed by atoms with Crippen LogP contribution in [0.25, 0.3) is 17.0 Å². The number of amides is 1. The molecule has 2 rings (SSSR count). The number of nitrogens with one attached hydrogen (secondary N) is 2. The van der Waals surface area contributed by atoms with Crippen molar-refractivity contribution in [1.82, 2.24) is 10.3 Å². The fourth-order valence-corrected chi connectivity index (χ4v) is 1.81. The summed E-state index contributed by atoms with van der Waals surface area (Å²) < 4.78 is 4.64. The summed E-state index contributed by atoms with van der Waals surface area (Å²) in [6, 6.07) is 7.69. The lowest BCUT2D eigenvalue weighted by atomic mass is 10.1. The first-order chi connectivity index (χ1) is 9.11. The number of aromatic nitrogens is 1. The molecule has 0 bridgehead atoms. The number of H-pyrrole nitrogens is 1. The van der Waals surface area contributed by atoms with Crippen LogP contribution in [-0.2, 0) is 14.3 Å². The Hall–Kier alpha value is -2.56. The van der Waals surface area contributed by atoms with E-state index in [1.165, 1.54) is 14.0 Å². The summed E-state index contributed by atoms with van der Waals surface area (Å²) in [6.45, 7) is 1.34. The molecular weight excluding hydrogens is 244 g/mol. The lowest BCUT2D eigenvalue weighted by molar-refractivity contribution is -0.137. The predicted octanol–water partition coefficient (Wildman–Crippen LogP) is 1.82. The topological polar surface area (TPSA) is 71.2 Å². The summed E-state index contributed by atoms with van der Waals surface area (Å²) in [4.78, 5) is 25.8. The summed E-state index contributed by atoms with van der Waals surface area (Å²) in [5.41, 5.74) is 1.88. The van der Waals surface area contributed by atoms with Crippen molar-refractivity contribution >= 4 is 28.9 Å². The molecule has 0 aliphatic carbocycles. The van der Waals surface area contributed by atoms with Crippen LogP contribution >= 0.6 is 0 Å². The van der Waals surface area contributed by atoms with E-state index >= 15 is 0 Å². The van der Waals surface area contributed by atoms with Gasteiger partial charge in [-0.15, -0.1) is 0 Å². The minimum atomic E-state index is -0.583. The lowest BCUT2D eigenvalue weighted by Gasteiger charge is -2.05. The molecular formula is C14H14N2O3. The molecule has 0 aliphatic heterocycles. The van der Waals surface area contributed by atoms with Gasteiger partial charge in [-0.25, -0.2) is 4.79 Å². The third kappa shape index (κ3) is 2.82. The van der Waals surface area contributed by atoms with Crippen LogP contribution in [0.4, 0.5) is 0 Å². The molecule has 98 valence electrons. The number of fused-ring (bicyclic) bond motifs is 1. The minimum Gasteiger partial charge on any atom is -0.464 e. The van der Waals surface area contributed by atoms with Crippen molar-refractivity contribution in [2.24, 2.45) is 0 Å². The molecule has 0 saturated heterocycles. The zero-order valence-electron chi connectivity index (χ0n) is 10.7. The van der Waals surface area contributed by atoms with Crippen molar-refractivity contribution < 1.29 is 14.3 Å². The third-order valence-electron chi connectivity index (χ3n) is 2.64. The molecule has 0 aliphatic rings. The summed E-state index contributed by atoms with van der Waals surface area (Å²) >= 11 is 0. The molecule has 0 saturated carbocycles. The summed E-state index contributed by atoms with van der Waals surface area (Å²) in [7, 11) is 1.27. The van der Waals surface area contributed by atoms with Crippen LogP contribution in [0.15, 0.2) is 36.2 Å². The fourth-order valence-electron chi connectivity index (χ4n) is 1.81. The second kappa shape index (κ2) is 5.39. The first-order valence-electron chi connectivity index (χ1n) is 5.75. The van der Waals surface area contributed by atoms with E-state index in [0.29, 0.717) is 0 Å². The van der Waals surface area contributed by atoms with Gasteiger partial charge in [-0.2, -0.15) is 0 Å². The van der Waals surface area contributed by atoms with E-state index in [1.54, 1.807) is 12.3 Å². The van der Waals surface area contributed by atoms with Crippen molar-refractivity contribution in [1.29, 1.82) is 0 Å². The summed E-state index contributed by atoms with van der Waals surface area (Å²) in [5, 5.41) is 3.43. The van der Waals surface area contributed by atoms with Crippen LogP contribution < -0.4 is 5.32 Å². The second-order valence-corrected chi connectivity index (χ2v) is 4.02. The third-order valence-corrected chi connectivity index (χ3v) is 2.64. The van der Waals surface area contributed by atoms with Crippen LogP contribution in [0.3, 0.4) is 0 Å². The van der Waals surface area contributed by atoms with Crippen LogP contribution in [0.5, 0.6) is 0 Å². The van der Waals surface area contributed by atoms with Crippen LogP contribution in [0.1, 0.15) is 12.5 Å². The van der Waals surface area contributed by atoms with E-state index in [0.717, 1.165) is 16.5 Å². The molecule has 5 nitrogen and oxygen atoms in total. The Morgan fingerprint density at radius 2 is 2.05 bits per heavy atom. The van der Waals surface area contributed by atoms with Crippen LogP contribution in [0.2, 0.25) is 0 Å². The average molecular weight is 258 g/mol. The Kier molecular flexibility index (Phi) is 3.66. The van der Waals surface area contributed by atoms with Crippen LogP contribution in [-0.4, -0.2) is 24.0 Å². The van der Waals surface area contributed by atoms with Gasteiger partial charge < -0.3 is 15.0 Å². The Bertz CT molecular complexity index is 656. The van der Waals surface area contributed by atoms with Gasteiger partial charge in [0.25, 0.3) is 0 Å². The number of methoxy groups -OCH3 is 1. The molecule has 0 radical (unpaired) electrons. The van der Waals surface area contributed by atoms with Gasteiger partial charge in [-0.3, -0.25) is 4.79 Å². The molecule has 5 heteroatoms. The number of hydrogen-bond donors (Lipinski definition) is 2. The second-order valence-electron chi connectivity index (χ2n) is 4.02. The molecule has 1 amide bonds. The quantitative estimate of drug-likeness (QED) is 0.651. The van der Waals surface area contributed by atoms with Gasteiger partial charge in [0.2, 0.25) is 5.91 Å². The molecule has 0 spiro atoms. The van der Waals surface area contributed by atoms with Gasteiger partial charge in [0.1, 0.15) is 5.70 Å². The maximum absolute atomic E-state index is 11.6. The van der Waals surface area contributed by atoms with Gasteiger partial charge in [0.15, 0.2) is 0 Å². The highest BCUT2D eigenvalue weighted by atomic mass is 16.5. The number of carbonyl (C=O) groups excluding carboxylic acids is 2. The smallest absolute Gasteiger partial charge is 0.354 e. The van der Waals surface area contributed by atoms with E-state index < -0.39 is 5.97 Å². The highest BCUT2D eigenvalue weighted by Gasteiger charge is 2.12. The zero-order valence-corrected chi connectivity index (χ0v) is 10.7. The number of para-hydroxylation sites is 1. The Labute approximate surface area is 110 Å². The monoisotopic (exact) mass is 258 g/mol.